The van der Waals surface area contributed by atoms with Crippen molar-refractivity contribution in [1.82, 2.24) is 4.98 Å². The van der Waals surface area contributed by atoms with E-state index >= 15 is 0 Å². The second kappa shape index (κ2) is 6.32. The molecule has 1 saturated heterocycles. The molecule has 0 spiro atoms. The Morgan fingerprint density at radius 3 is 3.16 bits per heavy atom. The van der Waals surface area contributed by atoms with Crippen LogP contribution < -0.4 is 5.32 Å². The lowest BCUT2D eigenvalue weighted by Gasteiger charge is -2.08. The third kappa shape index (κ3) is 3.78. The number of nitrogens with one attached hydrogen (secondary N) is 1. The van der Waals surface area contributed by atoms with Gasteiger partial charge >= 0.3 is 0 Å². The van der Waals surface area contributed by atoms with Gasteiger partial charge < -0.3 is 15.2 Å². The van der Waals surface area contributed by atoms with Crippen molar-refractivity contribution in [3.05, 3.63) is 23.9 Å². The zero-order valence-corrected chi connectivity index (χ0v) is 10.7. The molecule has 1 aliphatic heterocycles. The van der Waals surface area contributed by atoms with Crippen molar-refractivity contribution < 1.29 is 14.6 Å². The third-order valence-electron chi connectivity index (χ3n) is 2.87. The van der Waals surface area contributed by atoms with Crippen LogP contribution in [0.25, 0.3) is 0 Å². The molecule has 19 heavy (non-hydrogen) atoms. The molecule has 100 valence electrons. The summed E-state index contributed by atoms with van der Waals surface area (Å²) in [5.41, 5.74) is 0.517. The molecule has 1 aliphatic rings. The van der Waals surface area contributed by atoms with Gasteiger partial charge in [-0.3, -0.25) is 4.79 Å². The normalized spacial score (nSPS) is 21.6. The molecule has 0 aromatic carbocycles. The summed E-state index contributed by atoms with van der Waals surface area (Å²) in [6, 6.07) is 5.19. The summed E-state index contributed by atoms with van der Waals surface area (Å²) in [6.45, 7) is 2.20. The second-order valence-corrected chi connectivity index (χ2v) is 4.43. The summed E-state index contributed by atoms with van der Waals surface area (Å²) in [6.07, 6.45) is 0.862. The van der Waals surface area contributed by atoms with Gasteiger partial charge in [0.1, 0.15) is 18.1 Å². The second-order valence-electron chi connectivity index (χ2n) is 4.43. The van der Waals surface area contributed by atoms with Gasteiger partial charge in [-0.05, 0) is 31.4 Å². The van der Waals surface area contributed by atoms with Crippen molar-refractivity contribution in [1.29, 1.82) is 0 Å². The topological polar surface area (TPSA) is 71.5 Å². The van der Waals surface area contributed by atoms with Crippen LogP contribution >= 0.6 is 0 Å². The Labute approximate surface area is 112 Å². The number of nitrogens with zero attached hydrogens (tertiary/aromatic N) is 1. The van der Waals surface area contributed by atoms with E-state index in [1.165, 1.54) is 0 Å². The number of rotatable bonds is 2. The van der Waals surface area contributed by atoms with E-state index in [2.05, 4.69) is 22.1 Å². The van der Waals surface area contributed by atoms with E-state index in [1.54, 1.807) is 18.2 Å². The summed E-state index contributed by atoms with van der Waals surface area (Å²) < 4.78 is 5.37. The summed E-state index contributed by atoms with van der Waals surface area (Å²) in [4.78, 5) is 16.2. The number of ether oxygens (including phenoxy) is 1. The average Bonchev–Trinajstić information content (AvgIpc) is 2.83. The smallest absolute Gasteiger partial charge is 0.231 e. The lowest BCUT2D eigenvalue weighted by Crippen LogP contribution is -2.23. The van der Waals surface area contributed by atoms with Crippen LogP contribution in [0.2, 0.25) is 0 Å². The number of pyridine rings is 1. The standard InChI is InChI=1S/C14H16N2O3/c1-10-8-11(9-19-10)14(18)16-13-6-2-4-12(15-13)5-3-7-17/h2,4,6,10-11,17H,7-9H2,1H3,(H,15,16,18). The maximum absolute atomic E-state index is 12.0. The molecule has 2 unspecified atom stereocenters. The fourth-order valence-electron chi connectivity index (χ4n) is 1.93. The van der Waals surface area contributed by atoms with Gasteiger partial charge in [0.2, 0.25) is 5.91 Å². The zero-order chi connectivity index (χ0) is 13.7. The van der Waals surface area contributed by atoms with Crippen molar-refractivity contribution in [2.24, 2.45) is 5.92 Å². The molecule has 1 aromatic rings. The van der Waals surface area contributed by atoms with E-state index in [1.807, 2.05) is 6.92 Å². The van der Waals surface area contributed by atoms with Crippen LogP contribution in [0, 0.1) is 17.8 Å². The van der Waals surface area contributed by atoms with Crippen LogP contribution in [0.3, 0.4) is 0 Å². The Kier molecular flexibility index (Phi) is 4.50. The monoisotopic (exact) mass is 260 g/mol. The van der Waals surface area contributed by atoms with Gasteiger partial charge in [-0.25, -0.2) is 4.98 Å². The van der Waals surface area contributed by atoms with Crippen molar-refractivity contribution in [2.45, 2.75) is 19.4 Å². The molecule has 1 amide bonds. The highest BCUT2D eigenvalue weighted by Gasteiger charge is 2.28. The summed E-state index contributed by atoms with van der Waals surface area (Å²) in [5.74, 6) is 5.48. The van der Waals surface area contributed by atoms with Crippen LogP contribution in [0.15, 0.2) is 18.2 Å². The number of carbonyl (C=O) groups excluding carboxylic acids is 1. The predicted molar refractivity (Wildman–Crippen MR) is 70.4 cm³/mol. The molecule has 0 aliphatic carbocycles. The SMILES string of the molecule is CC1CC(C(=O)Nc2cccc(C#CCO)n2)CO1. The van der Waals surface area contributed by atoms with Gasteiger partial charge in [-0.2, -0.15) is 0 Å². The lowest BCUT2D eigenvalue weighted by atomic mass is 10.1. The Morgan fingerprint density at radius 2 is 2.47 bits per heavy atom. The Hall–Kier alpha value is -1.90. The molecular formula is C14H16N2O3. The molecule has 2 rings (SSSR count). The first-order valence-corrected chi connectivity index (χ1v) is 6.18. The van der Waals surface area contributed by atoms with E-state index < -0.39 is 0 Å². The van der Waals surface area contributed by atoms with Crippen molar-refractivity contribution in [2.75, 3.05) is 18.5 Å². The van der Waals surface area contributed by atoms with Gasteiger partial charge in [-0.1, -0.05) is 12.0 Å². The summed E-state index contributed by atoms with van der Waals surface area (Å²) >= 11 is 0. The van der Waals surface area contributed by atoms with Gasteiger partial charge in [0, 0.05) is 0 Å². The minimum absolute atomic E-state index is 0.0795. The number of anilines is 1. The molecule has 0 radical (unpaired) electrons. The zero-order valence-electron chi connectivity index (χ0n) is 10.7. The minimum atomic E-state index is -0.213. The predicted octanol–water partition coefficient (Wildman–Crippen LogP) is 0.789. The van der Waals surface area contributed by atoms with Crippen LogP contribution in [-0.2, 0) is 9.53 Å². The van der Waals surface area contributed by atoms with Gasteiger partial charge in [0.05, 0.1) is 18.6 Å². The first-order valence-electron chi connectivity index (χ1n) is 6.18. The van der Waals surface area contributed by atoms with Crippen LogP contribution in [0.1, 0.15) is 19.0 Å². The highest BCUT2D eigenvalue weighted by atomic mass is 16.5. The Bertz CT molecular complexity index is 519. The number of aliphatic hydroxyl groups excluding tert-OH is 1. The molecule has 5 nitrogen and oxygen atoms in total. The number of hydrogen-bond donors (Lipinski definition) is 2. The summed E-state index contributed by atoms with van der Waals surface area (Å²) in [5, 5.41) is 11.4. The van der Waals surface area contributed by atoms with Crippen LogP contribution in [-0.4, -0.2) is 35.3 Å². The first kappa shape index (κ1) is 13.5. The molecule has 2 heterocycles. The molecule has 2 N–H and O–H groups in total. The van der Waals surface area contributed by atoms with E-state index in [0.717, 1.165) is 6.42 Å². The molecule has 1 aromatic heterocycles. The number of aliphatic hydroxyl groups is 1. The molecule has 0 bridgehead atoms. The molecule has 1 fully saturated rings. The highest BCUT2D eigenvalue weighted by Crippen LogP contribution is 2.20. The fourth-order valence-corrected chi connectivity index (χ4v) is 1.93. The number of amides is 1. The van der Waals surface area contributed by atoms with E-state index in [0.29, 0.717) is 18.1 Å². The molecule has 2 atom stereocenters. The average molecular weight is 260 g/mol. The van der Waals surface area contributed by atoms with E-state index in [-0.39, 0.29) is 24.5 Å². The largest absolute Gasteiger partial charge is 0.384 e. The number of hydrogen-bond acceptors (Lipinski definition) is 4. The molecule has 5 heteroatoms. The number of carbonyl (C=O) groups is 1. The van der Waals surface area contributed by atoms with Gasteiger partial charge in [0.15, 0.2) is 0 Å². The molecular weight excluding hydrogens is 244 g/mol. The van der Waals surface area contributed by atoms with Gasteiger partial charge in [0.25, 0.3) is 0 Å². The van der Waals surface area contributed by atoms with Crippen molar-refractivity contribution in [3.8, 4) is 11.8 Å². The van der Waals surface area contributed by atoms with E-state index in [9.17, 15) is 4.79 Å². The molecule has 0 saturated carbocycles. The van der Waals surface area contributed by atoms with Crippen molar-refractivity contribution >= 4 is 11.7 Å². The number of aromatic nitrogens is 1. The quantitative estimate of drug-likeness (QED) is 0.771. The Balaban J connectivity index is 2.00. The summed E-state index contributed by atoms with van der Waals surface area (Å²) in [7, 11) is 0. The van der Waals surface area contributed by atoms with Crippen LogP contribution in [0.5, 0.6) is 0 Å². The van der Waals surface area contributed by atoms with Gasteiger partial charge in [-0.15, -0.1) is 0 Å². The first-order chi connectivity index (χ1) is 9.19. The van der Waals surface area contributed by atoms with Crippen LogP contribution in [0.4, 0.5) is 5.82 Å². The van der Waals surface area contributed by atoms with E-state index in [4.69, 9.17) is 9.84 Å². The maximum Gasteiger partial charge on any atom is 0.231 e. The maximum atomic E-state index is 12.0. The fraction of sp³-hybridized carbons (Fsp3) is 0.429. The lowest BCUT2D eigenvalue weighted by molar-refractivity contribution is -0.119. The Morgan fingerprint density at radius 1 is 1.63 bits per heavy atom. The minimum Gasteiger partial charge on any atom is -0.384 e. The highest BCUT2D eigenvalue weighted by molar-refractivity contribution is 5.92. The third-order valence-corrected chi connectivity index (χ3v) is 2.87. The van der Waals surface area contributed by atoms with Crippen molar-refractivity contribution in [3.63, 3.8) is 0 Å².